The molecule has 2 aromatic rings. The van der Waals surface area contributed by atoms with E-state index in [1.54, 1.807) is 0 Å². The van der Waals surface area contributed by atoms with Gasteiger partial charge in [0.15, 0.2) is 0 Å². The van der Waals surface area contributed by atoms with Gasteiger partial charge in [0.1, 0.15) is 17.3 Å². The SMILES string of the molecule is Cc1cc2c(o1)CC(C)(C)C[C@@H]2NCc1c(C)nn(C)c1N1CCOCC1. The van der Waals surface area contributed by atoms with Crippen molar-refractivity contribution < 1.29 is 9.15 Å². The second kappa shape index (κ2) is 6.99. The van der Waals surface area contributed by atoms with Crippen molar-refractivity contribution in [3.05, 3.63) is 34.4 Å². The number of nitrogens with one attached hydrogen (secondary N) is 1. The van der Waals surface area contributed by atoms with Crippen LogP contribution in [0.2, 0.25) is 0 Å². The molecule has 0 radical (unpaired) electrons. The second-order valence-electron chi connectivity index (χ2n) is 8.82. The highest BCUT2D eigenvalue weighted by atomic mass is 16.5. The van der Waals surface area contributed by atoms with Crippen molar-refractivity contribution in [2.24, 2.45) is 12.5 Å². The largest absolute Gasteiger partial charge is 0.466 e. The number of ether oxygens (including phenoxy) is 1. The van der Waals surface area contributed by atoms with Crippen molar-refractivity contribution >= 4 is 5.82 Å². The molecule has 1 atom stereocenters. The zero-order chi connectivity index (χ0) is 19.2. The average Bonchev–Trinajstić information content (AvgIpc) is 3.10. The molecule has 2 aliphatic rings. The number of hydrogen-bond donors (Lipinski definition) is 1. The Morgan fingerprint density at radius 1 is 1.26 bits per heavy atom. The fourth-order valence-electron chi connectivity index (χ4n) is 4.66. The van der Waals surface area contributed by atoms with Crippen molar-refractivity contribution in [1.29, 1.82) is 0 Å². The fourth-order valence-corrected chi connectivity index (χ4v) is 4.66. The van der Waals surface area contributed by atoms with E-state index in [1.165, 1.54) is 16.9 Å². The van der Waals surface area contributed by atoms with E-state index >= 15 is 0 Å². The number of aromatic nitrogens is 2. The molecule has 3 heterocycles. The maximum absolute atomic E-state index is 5.99. The topological polar surface area (TPSA) is 55.5 Å². The van der Waals surface area contributed by atoms with Gasteiger partial charge in [-0.25, -0.2) is 0 Å². The van der Waals surface area contributed by atoms with Crippen LogP contribution in [0.3, 0.4) is 0 Å². The summed E-state index contributed by atoms with van der Waals surface area (Å²) in [5.74, 6) is 3.38. The summed E-state index contributed by atoms with van der Waals surface area (Å²) >= 11 is 0. The van der Waals surface area contributed by atoms with Crippen LogP contribution >= 0.6 is 0 Å². The molecule has 1 aliphatic heterocycles. The van der Waals surface area contributed by atoms with E-state index in [4.69, 9.17) is 14.3 Å². The summed E-state index contributed by atoms with van der Waals surface area (Å²) in [6, 6.07) is 2.53. The molecule has 4 rings (SSSR count). The Morgan fingerprint density at radius 3 is 2.74 bits per heavy atom. The summed E-state index contributed by atoms with van der Waals surface area (Å²) in [5, 5.41) is 8.53. The van der Waals surface area contributed by atoms with Crippen LogP contribution < -0.4 is 10.2 Å². The minimum absolute atomic E-state index is 0.242. The summed E-state index contributed by atoms with van der Waals surface area (Å²) < 4.78 is 13.5. The van der Waals surface area contributed by atoms with Crippen LogP contribution in [0.25, 0.3) is 0 Å². The van der Waals surface area contributed by atoms with Gasteiger partial charge in [-0.2, -0.15) is 5.10 Å². The maximum atomic E-state index is 5.99. The van der Waals surface area contributed by atoms with Crippen LogP contribution in [0, 0.1) is 19.3 Å². The molecule has 0 unspecified atom stereocenters. The number of fused-ring (bicyclic) bond motifs is 1. The van der Waals surface area contributed by atoms with Gasteiger partial charge in [-0.05, 0) is 31.7 Å². The lowest BCUT2D eigenvalue weighted by atomic mass is 9.74. The quantitative estimate of drug-likeness (QED) is 0.893. The number of nitrogens with zero attached hydrogens (tertiary/aromatic N) is 3. The van der Waals surface area contributed by atoms with Gasteiger partial charge in [0, 0.05) is 50.3 Å². The first-order valence-electron chi connectivity index (χ1n) is 10.0. The smallest absolute Gasteiger partial charge is 0.131 e. The van der Waals surface area contributed by atoms with E-state index in [0.29, 0.717) is 6.04 Å². The highest BCUT2D eigenvalue weighted by Crippen LogP contribution is 2.42. The normalized spacial score (nSPS) is 22.1. The first kappa shape index (κ1) is 18.6. The highest BCUT2D eigenvalue weighted by Gasteiger charge is 2.35. The van der Waals surface area contributed by atoms with E-state index < -0.39 is 0 Å². The molecular weight excluding hydrogens is 340 g/mol. The third-order valence-corrected chi connectivity index (χ3v) is 5.89. The molecule has 27 heavy (non-hydrogen) atoms. The molecule has 1 fully saturated rings. The monoisotopic (exact) mass is 372 g/mol. The molecule has 1 N–H and O–H groups in total. The van der Waals surface area contributed by atoms with E-state index in [1.807, 2.05) is 18.7 Å². The lowest BCUT2D eigenvalue weighted by Gasteiger charge is -2.35. The van der Waals surface area contributed by atoms with E-state index in [0.717, 1.165) is 62.9 Å². The molecule has 1 aliphatic carbocycles. The van der Waals surface area contributed by atoms with Gasteiger partial charge in [0.2, 0.25) is 0 Å². The Kier molecular flexibility index (Phi) is 4.80. The first-order valence-corrected chi connectivity index (χ1v) is 10.0. The molecule has 0 spiro atoms. The van der Waals surface area contributed by atoms with Gasteiger partial charge in [0.05, 0.1) is 18.9 Å². The van der Waals surface area contributed by atoms with Gasteiger partial charge in [-0.15, -0.1) is 0 Å². The standard InChI is InChI=1S/C21H32N4O2/c1-14-10-16-18(11-21(3,4)12-19(16)27-14)22-13-17-15(2)23-24(5)20(17)25-6-8-26-9-7-25/h10,18,22H,6-9,11-13H2,1-5H3/t18-/m0/s1. The van der Waals surface area contributed by atoms with Crippen molar-refractivity contribution in [1.82, 2.24) is 15.1 Å². The predicted molar refractivity (Wildman–Crippen MR) is 106 cm³/mol. The predicted octanol–water partition coefficient (Wildman–Crippen LogP) is 3.27. The Balaban J connectivity index is 1.57. The van der Waals surface area contributed by atoms with Gasteiger partial charge in [-0.1, -0.05) is 13.8 Å². The van der Waals surface area contributed by atoms with Crippen LogP contribution in [0.1, 0.15) is 54.7 Å². The van der Waals surface area contributed by atoms with E-state index in [2.05, 4.69) is 37.1 Å². The molecule has 0 bridgehead atoms. The number of anilines is 1. The molecule has 1 saturated heterocycles. The Morgan fingerprint density at radius 2 is 2.00 bits per heavy atom. The van der Waals surface area contributed by atoms with E-state index in [-0.39, 0.29) is 5.41 Å². The average molecular weight is 373 g/mol. The van der Waals surface area contributed by atoms with E-state index in [9.17, 15) is 0 Å². The summed E-state index contributed by atoms with van der Waals surface area (Å²) in [7, 11) is 2.04. The van der Waals surface area contributed by atoms with Crippen LogP contribution in [-0.4, -0.2) is 36.1 Å². The van der Waals surface area contributed by atoms with Crippen LogP contribution in [0.5, 0.6) is 0 Å². The third-order valence-electron chi connectivity index (χ3n) is 5.89. The molecule has 0 aromatic carbocycles. The molecule has 0 saturated carbocycles. The van der Waals surface area contributed by atoms with Crippen LogP contribution in [0.15, 0.2) is 10.5 Å². The molecule has 148 valence electrons. The van der Waals surface area contributed by atoms with Crippen molar-refractivity contribution in [2.45, 2.75) is 53.1 Å². The summed E-state index contributed by atoms with van der Waals surface area (Å²) in [5.41, 5.74) is 3.97. The fraction of sp³-hybridized carbons (Fsp3) is 0.667. The highest BCUT2D eigenvalue weighted by molar-refractivity contribution is 5.50. The van der Waals surface area contributed by atoms with Gasteiger partial charge >= 0.3 is 0 Å². The number of morpholine rings is 1. The number of furan rings is 1. The Bertz CT molecular complexity index is 815. The zero-order valence-electron chi connectivity index (χ0n) is 17.3. The minimum atomic E-state index is 0.242. The number of hydrogen-bond acceptors (Lipinski definition) is 5. The zero-order valence-corrected chi connectivity index (χ0v) is 17.3. The van der Waals surface area contributed by atoms with Crippen molar-refractivity contribution in [2.75, 3.05) is 31.2 Å². The first-order chi connectivity index (χ1) is 12.8. The summed E-state index contributed by atoms with van der Waals surface area (Å²) in [6.07, 6.45) is 2.13. The number of rotatable bonds is 4. The molecule has 6 nitrogen and oxygen atoms in total. The second-order valence-corrected chi connectivity index (χ2v) is 8.82. The minimum Gasteiger partial charge on any atom is -0.466 e. The van der Waals surface area contributed by atoms with Gasteiger partial charge < -0.3 is 19.4 Å². The van der Waals surface area contributed by atoms with Crippen molar-refractivity contribution in [3.63, 3.8) is 0 Å². The lowest BCUT2D eigenvalue weighted by Crippen LogP contribution is -2.38. The Hall–Kier alpha value is -1.79. The summed E-state index contributed by atoms with van der Waals surface area (Å²) in [4.78, 5) is 2.40. The van der Waals surface area contributed by atoms with Crippen LogP contribution in [-0.2, 0) is 24.8 Å². The van der Waals surface area contributed by atoms with Gasteiger partial charge in [-0.3, -0.25) is 4.68 Å². The maximum Gasteiger partial charge on any atom is 0.131 e. The third kappa shape index (κ3) is 3.65. The van der Waals surface area contributed by atoms with Crippen LogP contribution in [0.4, 0.5) is 5.82 Å². The lowest BCUT2D eigenvalue weighted by molar-refractivity contribution is 0.122. The molecule has 2 aromatic heterocycles. The summed E-state index contributed by atoms with van der Waals surface area (Å²) in [6.45, 7) is 13.0. The molecule has 6 heteroatoms. The molecular formula is C21H32N4O2. The Labute approximate surface area is 161 Å². The van der Waals surface area contributed by atoms with Crippen molar-refractivity contribution in [3.8, 4) is 0 Å². The number of aryl methyl sites for hydroxylation is 3. The molecule has 0 amide bonds. The van der Waals surface area contributed by atoms with Gasteiger partial charge in [0.25, 0.3) is 0 Å².